The van der Waals surface area contributed by atoms with Crippen LogP contribution < -0.4 is 14.8 Å². The van der Waals surface area contributed by atoms with Crippen LogP contribution in [-0.2, 0) is 0 Å². The number of rotatable bonds is 8. The molecule has 3 nitrogen and oxygen atoms in total. The maximum absolute atomic E-state index is 5.35. The van der Waals surface area contributed by atoms with E-state index in [2.05, 4.69) is 30.6 Å². The van der Waals surface area contributed by atoms with E-state index in [0.29, 0.717) is 6.04 Å². The Morgan fingerprint density at radius 1 is 1.22 bits per heavy atom. The van der Waals surface area contributed by atoms with Crippen LogP contribution in [0.15, 0.2) is 18.2 Å². The number of benzene rings is 1. The molecule has 1 aromatic rings. The maximum atomic E-state index is 5.35. The summed E-state index contributed by atoms with van der Waals surface area (Å²) in [5, 5.41) is 3.51. The summed E-state index contributed by atoms with van der Waals surface area (Å²) in [5.74, 6) is 2.72. The van der Waals surface area contributed by atoms with Gasteiger partial charge in [-0.25, -0.2) is 0 Å². The number of nitrogens with one attached hydrogen (secondary N) is 1. The monoisotopic (exact) mass is 269 g/mol. The first-order valence-corrected chi connectivity index (χ1v) is 7.60. The predicted molar refractivity (Wildman–Crippen MR) is 79.0 cm³/mol. The van der Waals surface area contributed by atoms with Crippen LogP contribution in [0.5, 0.6) is 11.5 Å². The van der Waals surface area contributed by atoms with Crippen molar-refractivity contribution in [1.29, 1.82) is 0 Å². The van der Waals surface area contributed by atoms with E-state index >= 15 is 0 Å². The molecule has 0 aliphatic heterocycles. The molecular weight excluding hydrogens is 246 g/mol. The molecule has 0 aromatic heterocycles. The second-order valence-corrected chi connectivity index (χ2v) is 4.99. The molecule has 0 fully saturated rings. The largest absolute Gasteiger partial charge is 0.493 e. The summed E-state index contributed by atoms with van der Waals surface area (Å²) in [7, 11) is 3.33. The van der Waals surface area contributed by atoms with Crippen LogP contribution in [0, 0.1) is 0 Å². The average Bonchev–Trinajstić information content (AvgIpc) is 2.42. The number of ether oxygens (including phenoxy) is 2. The van der Waals surface area contributed by atoms with Crippen LogP contribution in [-0.4, -0.2) is 32.8 Å². The van der Waals surface area contributed by atoms with Gasteiger partial charge in [0.1, 0.15) is 0 Å². The van der Waals surface area contributed by atoms with E-state index in [9.17, 15) is 0 Å². The third-order valence-electron chi connectivity index (χ3n) is 2.87. The molecule has 1 N–H and O–H groups in total. The Kier molecular flexibility index (Phi) is 6.98. The van der Waals surface area contributed by atoms with E-state index in [-0.39, 0.29) is 0 Å². The fourth-order valence-corrected chi connectivity index (χ4v) is 2.41. The van der Waals surface area contributed by atoms with Gasteiger partial charge < -0.3 is 14.8 Å². The minimum atomic E-state index is 0.377. The minimum absolute atomic E-state index is 0.377. The molecule has 1 unspecified atom stereocenters. The predicted octanol–water partition coefficient (Wildman–Crippen LogP) is 3.11. The van der Waals surface area contributed by atoms with Crippen LogP contribution >= 0.6 is 11.8 Å². The number of thioether (sulfide) groups is 1. The van der Waals surface area contributed by atoms with Gasteiger partial charge in [0.05, 0.1) is 14.2 Å². The first kappa shape index (κ1) is 15.2. The van der Waals surface area contributed by atoms with E-state index in [1.807, 2.05) is 17.8 Å². The van der Waals surface area contributed by atoms with Crippen LogP contribution in [0.2, 0.25) is 0 Å². The van der Waals surface area contributed by atoms with Gasteiger partial charge in [-0.05, 0) is 42.7 Å². The Labute approximate surface area is 114 Å². The maximum Gasteiger partial charge on any atom is 0.161 e. The molecule has 1 atom stereocenters. The molecule has 0 bridgehead atoms. The first-order valence-electron chi connectivity index (χ1n) is 6.21. The van der Waals surface area contributed by atoms with Crippen LogP contribution in [0.25, 0.3) is 0 Å². The first-order chi connectivity index (χ1) is 8.76. The summed E-state index contributed by atoms with van der Waals surface area (Å²) in [6.07, 6.45) is 3.25. The van der Waals surface area contributed by atoms with Gasteiger partial charge in [-0.3, -0.25) is 0 Å². The van der Waals surface area contributed by atoms with E-state index in [1.54, 1.807) is 14.2 Å². The van der Waals surface area contributed by atoms with Crippen LogP contribution in [0.4, 0.5) is 0 Å². The Balaban J connectivity index is 2.89. The number of hydrogen-bond donors (Lipinski definition) is 1. The number of methoxy groups -OCH3 is 2. The fraction of sp³-hybridized carbons (Fsp3) is 0.571. The van der Waals surface area contributed by atoms with Gasteiger partial charge in [0, 0.05) is 6.04 Å². The lowest BCUT2D eigenvalue weighted by molar-refractivity contribution is 0.353. The van der Waals surface area contributed by atoms with Gasteiger partial charge >= 0.3 is 0 Å². The van der Waals surface area contributed by atoms with Crippen molar-refractivity contribution in [2.45, 2.75) is 19.4 Å². The van der Waals surface area contributed by atoms with E-state index < -0.39 is 0 Å². The van der Waals surface area contributed by atoms with Gasteiger partial charge in [-0.2, -0.15) is 11.8 Å². The highest BCUT2D eigenvalue weighted by Crippen LogP contribution is 2.31. The highest BCUT2D eigenvalue weighted by molar-refractivity contribution is 7.98. The molecule has 0 aliphatic carbocycles. The van der Waals surface area contributed by atoms with Crippen molar-refractivity contribution in [2.75, 3.05) is 32.8 Å². The van der Waals surface area contributed by atoms with Crippen molar-refractivity contribution in [3.63, 3.8) is 0 Å². The molecule has 0 amide bonds. The SMILES string of the molecule is CCNC(CCSC)c1ccc(OC)c(OC)c1. The van der Waals surface area contributed by atoms with E-state index in [1.165, 1.54) is 5.56 Å². The van der Waals surface area contributed by atoms with Crippen LogP contribution in [0.1, 0.15) is 24.9 Å². The molecule has 0 saturated carbocycles. The summed E-state index contributed by atoms with van der Waals surface area (Å²) in [6, 6.07) is 6.52. The molecule has 0 spiro atoms. The van der Waals surface area contributed by atoms with Gasteiger partial charge in [0.15, 0.2) is 11.5 Å². The molecule has 18 heavy (non-hydrogen) atoms. The van der Waals surface area contributed by atoms with Gasteiger partial charge in [0.2, 0.25) is 0 Å². The summed E-state index contributed by atoms with van der Waals surface area (Å²) in [6.45, 7) is 3.10. The zero-order valence-electron chi connectivity index (χ0n) is 11.7. The lowest BCUT2D eigenvalue weighted by Gasteiger charge is -2.19. The highest BCUT2D eigenvalue weighted by atomic mass is 32.2. The fourth-order valence-electron chi connectivity index (χ4n) is 1.94. The lowest BCUT2D eigenvalue weighted by Crippen LogP contribution is -2.21. The molecular formula is C14H23NO2S. The van der Waals surface area contributed by atoms with Crippen molar-refractivity contribution in [2.24, 2.45) is 0 Å². The lowest BCUT2D eigenvalue weighted by atomic mass is 10.0. The molecule has 0 radical (unpaired) electrons. The van der Waals surface area contributed by atoms with Gasteiger partial charge in [0.25, 0.3) is 0 Å². The Hall–Kier alpha value is -0.870. The molecule has 4 heteroatoms. The third-order valence-corrected chi connectivity index (χ3v) is 3.52. The second kappa shape index (κ2) is 8.27. The van der Waals surface area contributed by atoms with Crippen molar-refractivity contribution in [1.82, 2.24) is 5.32 Å². The zero-order chi connectivity index (χ0) is 13.4. The Morgan fingerprint density at radius 2 is 1.94 bits per heavy atom. The summed E-state index contributed by atoms with van der Waals surface area (Å²) < 4.78 is 10.6. The molecule has 0 aliphatic rings. The van der Waals surface area contributed by atoms with Crippen molar-refractivity contribution >= 4 is 11.8 Å². The normalized spacial score (nSPS) is 12.2. The highest BCUT2D eigenvalue weighted by Gasteiger charge is 2.13. The smallest absolute Gasteiger partial charge is 0.161 e. The van der Waals surface area contributed by atoms with Crippen molar-refractivity contribution < 1.29 is 9.47 Å². The van der Waals surface area contributed by atoms with Gasteiger partial charge in [-0.15, -0.1) is 0 Å². The van der Waals surface area contributed by atoms with E-state index in [0.717, 1.165) is 30.2 Å². The van der Waals surface area contributed by atoms with Gasteiger partial charge in [-0.1, -0.05) is 13.0 Å². The van der Waals surface area contributed by atoms with Crippen molar-refractivity contribution in [3.8, 4) is 11.5 Å². The quantitative estimate of drug-likeness (QED) is 0.785. The minimum Gasteiger partial charge on any atom is -0.493 e. The third kappa shape index (κ3) is 4.10. The Bertz CT molecular complexity index is 358. The summed E-state index contributed by atoms with van der Waals surface area (Å²) in [5.41, 5.74) is 1.25. The van der Waals surface area contributed by atoms with Crippen molar-refractivity contribution in [3.05, 3.63) is 23.8 Å². The molecule has 1 aromatic carbocycles. The standard InChI is InChI=1S/C14H23NO2S/c1-5-15-12(8-9-18-4)11-6-7-13(16-2)14(10-11)17-3/h6-7,10,12,15H,5,8-9H2,1-4H3. The molecule has 1 rings (SSSR count). The number of hydrogen-bond acceptors (Lipinski definition) is 4. The second-order valence-electron chi connectivity index (χ2n) is 4.01. The summed E-state index contributed by atoms with van der Waals surface area (Å²) in [4.78, 5) is 0. The van der Waals surface area contributed by atoms with E-state index in [4.69, 9.17) is 9.47 Å². The topological polar surface area (TPSA) is 30.5 Å². The Morgan fingerprint density at radius 3 is 2.50 bits per heavy atom. The van der Waals surface area contributed by atoms with Crippen LogP contribution in [0.3, 0.4) is 0 Å². The summed E-state index contributed by atoms with van der Waals surface area (Å²) >= 11 is 1.87. The molecule has 0 saturated heterocycles. The molecule has 102 valence electrons. The molecule has 0 heterocycles. The average molecular weight is 269 g/mol. The zero-order valence-corrected chi connectivity index (χ0v) is 12.5.